The lowest BCUT2D eigenvalue weighted by molar-refractivity contribution is 0.318. The summed E-state index contributed by atoms with van der Waals surface area (Å²) < 4.78 is 24.1. The van der Waals surface area contributed by atoms with Crippen molar-refractivity contribution < 1.29 is 13.6 Å². The van der Waals surface area contributed by atoms with Crippen molar-refractivity contribution in [2.45, 2.75) is 18.6 Å². The first kappa shape index (κ1) is 14.2. The molecule has 1 atom stereocenters. The van der Waals surface area contributed by atoms with Crippen molar-refractivity contribution in [2.75, 3.05) is 6.26 Å². The molecule has 0 spiro atoms. The maximum absolute atomic E-state index is 11.6. The van der Waals surface area contributed by atoms with Crippen LogP contribution in [0.25, 0.3) is 0 Å². The minimum absolute atomic E-state index is 0.183. The van der Waals surface area contributed by atoms with E-state index in [1.54, 1.807) is 31.2 Å². The molecule has 1 rings (SSSR count). The first-order valence-corrected chi connectivity index (χ1v) is 7.81. The average molecular weight is 320 g/mol. The number of hydrogen-bond acceptors (Lipinski definition) is 4. The van der Waals surface area contributed by atoms with Crippen LogP contribution in [0, 0.1) is 0 Å². The predicted octanol–water partition coefficient (Wildman–Crippen LogP) is 2.45. The van der Waals surface area contributed by atoms with Crippen molar-refractivity contribution in [2.24, 2.45) is 5.16 Å². The summed E-state index contributed by atoms with van der Waals surface area (Å²) in [5.74, 6) is 0. The zero-order chi connectivity index (χ0) is 13.1. The minimum atomic E-state index is -3.29. The maximum atomic E-state index is 11.6. The largest absolute Gasteiger partial charge is 0.411 e. The number of rotatable bonds is 4. The molecule has 17 heavy (non-hydrogen) atoms. The average Bonchev–Trinajstić information content (AvgIpc) is 2.25. The quantitative estimate of drug-likeness (QED) is 0.526. The lowest BCUT2D eigenvalue weighted by Crippen LogP contribution is -2.29. The van der Waals surface area contributed by atoms with Gasteiger partial charge in [-0.15, -0.1) is 0 Å². The van der Waals surface area contributed by atoms with E-state index < -0.39 is 15.1 Å². The Balaban J connectivity index is 3.20. The number of sulfone groups is 1. The van der Waals surface area contributed by atoms with Crippen molar-refractivity contribution in [3.63, 3.8) is 0 Å². The van der Waals surface area contributed by atoms with Gasteiger partial charge in [-0.1, -0.05) is 40.1 Å². The lowest BCUT2D eigenvalue weighted by Gasteiger charge is -2.14. The number of halogens is 1. The van der Waals surface area contributed by atoms with Crippen molar-refractivity contribution in [1.29, 1.82) is 0 Å². The van der Waals surface area contributed by atoms with E-state index >= 15 is 0 Å². The van der Waals surface area contributed by atoms with Gasteiger partial charge in [0.2, 0.25) is 0 Å². The first-order valence-electron chi connectivity index (χ1n) is 5.07. The van der Waals surface area contributed by atoms with Crippen molar-refractivity contribution >= 4 is 31.5 Å². The Hall–Kier alpha value is -0.880. The van der Waals surface area contributed by atoms with Gasteiger partial charge in [0.05, 0.1) is 0 Å². The van der Waals surface area contributed by atoms with Crippen LogP contribution in [0.4, 0.5) is 0 Å². The van der Waals surface area contributed by atoms with Crippen LogP contribution in [-0.2, 0) is 9.84 Å². The Labute approximate surface area is 109 Å². The van der Waals surface area contributed by atoms with Crippen LogP contribution < -0.4 is 0 Å². The summed E-state index contributed by atoms with van der Waals surface area (Å²) in [5, 5.41) is 11.4. The van der Waals surface area contributed by atoms with Gasteiger partial charge in [-0.3, -0.25) is 0 Å². The number of oxime groups is 1. The van der Waals surface area contributed by atoms with Crippen LogP contribution in [0.2, 0.25) is 0 Å². The van der Waals surface area contributed by atoms with Gasteiger partial charge in [-0.25, -0.2) is 8.42 Å². The van der Waals surface area contributed by atoms with Gasteiger partial charge in [0.25, 0.3) is 0 Å². The highest BCUT2D eigenvalue weighted by Crippen LogP contribution is 2.17. The van der Waals surface area contributed by atoms with E-state index in [1.807, 2.05) is 0 Å². The fraction of sp³-hybridized carbons (Fsp3) is 0.364. The van der Waals surface area contributed by atoms with Crippen LogP contribution >= 0.6 is 15.9 Å². The molecule has 0 radical (unpaired) electrons. The number of nitrogens with zero attached hydrogens (tertiary/aromatic N) is 1. The molecule has 0 aliphatic heterocycles. The van der Waals surface area contributed by atoms with E-state index in [2.05, 4.69) is 21.1 Å². The molecule has 0 fully saturated rings. The third-order valence-electron chi connectivity index (χ3n) is 2.44. The summed E-state index contributed by atoms with van der Waals surface area (Å²) in [6, 6.07) is 6.98. The zero-order valence-corrected chi connectivity index (χ0v) is 12.0. The van der Waals surface area contributed by atoms with Crippen LogP contribution in [-0.4, -0.2) is 30.8 Å². The minimum Gasteiger partial charge on any atom is -0.411 e. The molecule has 0 bridgehead atoms. The van der Waals surface area contributed by atoms with Crippen molar-refractivity contribution in [3.05, 3.63) is 34.3 Å². The molecular formula is C11H14BrNO3S. The number of benzene rings is 1. The molecule has 94 valence electrons. The van der Waals surface area contributed by atoms with Gasteiger partial charge in [-0.2, -0.15) is 0 Å². The molecule has 0 saturated carbocycles. The van der Waals surface area contributed by atoms with E-state index in [0.29, 0.717) is 12.0 Å². The second-order valence-electron chi connectivity index (χ2n) is 3.72. The fourth-order valence-electron chi connectivity index (χ4n) is 1.63. The highest BCUT2D eigenvalue weighted by atomic mass is 79.9. The maximum Gasteiger partial charge on any atom is 0.156 e. The lowest BCUT2D eigenvalue weighted by atomic mass is 10.1. The Morgan fingerprint density at radius 1 is 1.41 bits per heavy atom. The Kier molecular flexibility index (Phi) is 4.70. The van der Waals surface area contributed by atoms with Crippen LogP contribution in [0.1, 0.15) is 18.9 Å². The summed E-state index contributed by atoms with van der Waals surface area (Å²) in [7, 11) is -3.29. The van der Waals surface area contributed by atoms with Gasteiger partial charge >= 0.3 is 0 Å². The third kappa shape index (κ3) is 3.54. The molecule has 0 amide bonds. The zero-order valence-electron chi connectivity index (χ0n) is 9.59. The summed E-state index contributed by atoms with van der Waals surface area (Å²) in [5.41, 5.74) is 0.787. The topological polar surface area (TPSA) is 66.7 Å². The summed E-state index contributed by atoms with van der Waals surface area (Å²) in [4.78, 5) is 0. The molecule has 1 N–H and O–H groups in total. The Bertz CT molecular complexity index is 508. The molecule has 0 heterocycles. The smallest absolute Gasteiger partial charge is 0.156 e. The van der Waals surface area contributed by atoms with E-state index in [0.717, 1.165) is 10.7 Å². The molecule has 1 aromatic rings. The molecule has 1 unspecified atom stereocenters. The highest BCUT2D eigenvalue weighted by molar-refractivity contribution is 9.10. The molecule has 0 saturated heterocycles. The third-order valence-corrected chi connectivity index (χ3v) is 4.56. The molecule has 6 heteroatoms. The Morgan fingerprint density at radius 3 is 2.29 bits per heavy atom. The fourth-order valence-corrected chi connectivity index (χ4v) is 3.09. The van der Waals surface area contributed by atoms with E-state index in [4.69, 9.17) is 5.21 Å². The monoisotopic (exact) mass is 319 g/mol. The van der Waals surface area contributed by atoms with Gasteiger partial charge in [0.1, 0.15) is 11.0 Å². The molecule has 0 aliphatic rings. The summed E-state index contributed by atoms with van der Waals surface area (Å²) >= 11 is 3.29. The predicted molar refractivity (Wildman–Crippen MR) is 71.4 cm³/mol. The standard InChI is InChI=1S/C11H14BrNO3S/c1-3-10(17(2,15)16)11(13-14)8-4-6-9(12)7-5-8/h4-7,10,14H,3H2,1-2H3. The molecular weight excluding hydrogens is 306 g/mol. The van der Waals surface area contributed by atoms with Gasteiger partial charge in [0, 0.05) is 16.3 Å². The van der Waals surface area contributed by atoms with E-state index in [-0.39, 0.29) is 5.71 Å². The van der Waals surface area contributed by atoms with Crippen LogP contribution in [0.15, 0.2) is 33.9 Å². The SMILES string of the molecule is CCC(C(=NO)c1ccc(Br)cc1)S(C)(=O)=O. The van der Waals surface area contributed by atoms with Crippen molar-refractivity contribution in [1.82, 2.24) is 0 Å². The molecule has 4 nitrogen and oxygen atoms in total. The second kappa shape index (κ2) is 5.64. The molecule has 1 aromatic carbocycles. The van der Waals surface area contributed by atoms with Gasteiger partial charge in [-0.05, 0) is 18.6 Å². The van der Waals surface area contributed by atoms with E-state index in [1.165, 1.54) is 0 Å². The number of hydrogen-bond donors (Lipinski definition) is 1. The van der Waals surface area contributed by atoms with Crippen LogP contribution in [0.5, 0.6) is 0 Å². The normalized spacial score (nSPS) is 14.6. The van der Waals surface area contributed by atoms with Crippen molar-refractivity contribution in [3.8, 4) is 0 Å². The first-order chi connectivity index (χ1) is 7.90. The summed E-state index contributed by atoms with van der Waals surface area (Å²) in [6.45, 7) is 1.75. The van der Waals surface area contributed by atoms with Gasteiger partial charge < -0.3 is 5.21 Å². The highest BCUT2D eigenvalue weighted by Gasteiger charge is 2.26. The molecule has 0 aliphatic carbocycles. The van der Waals surface area contributed by atoms with E-state index in [9.17, 15) is 8.42 Å². The van der Waals surface area contributed by atoms with Gasteiger partial charge in [0.15, 0.2) is 9.84 Å². The molecule has 0 aromatic heterocycles. The van der Waals surface area contributed by atoms with Crippen LogP contribution in [0.3, 0.4) is 0 Å². The summed E-state index contributed by atoms with van der Waals surface area (Å²) in [6.07, 6.45) is 1.51. The second-order valence-corrected chi connectivity index (χ2v) is 6.86. The Morgan fingerprint density at radius 2 is 1.94 bits per heavy atom.